The maximum Gasteiger partial charge on any atom is 0.259 e. The Hall–Kier alpha value is -1.64. The van der Waals surface area contributed by atoms with Gasteiger partial charge in [-0.3, -0.25) is 24.1 Å². The summed E-state index contributed by atoms with van der Waals surface area (Å²) in [6, 6.07) is 5.44. The smallest absolute Gasteiger partial charge is 0.259 e. The third-order valence-corrected chi connectivity index (χ3v) is 6.37. The predicted octanol–water partition coefficient (Wildman–Crippen LogP) is 3.51. The van der Waals surface area contributed by atoms with Crippen molar-refractivity contribution in [3.63, 3.8) is 0 Å². The summed E-state index contributed by atoms with van der Waals surface area (Å²) < 4.78 is 7.21. The van der Waals surface area contributed by atoms with Gasteiger partial charge in [0.05, 0.1) is 26.6 Å². The predicted molar refractivity (Wildman–Crippen MR) is 125 cm³/mol. The van der Waals surface area contributed by atoms with Crippen LogP contribution >= 0.6 is 23.2 Å². The van der Waals surface area contributed by atoms with Crippen LogP contribution in [0.25, 0.3) is 0 Å². The highest BCUT2D eigenvalue weighted by Gasteiger charge is 2.28. The molecule has 1 aromatic heterocycles. The van der Waals surface area contributed by atoms with Gasteiger partial charge in [-0.1, -0.05) is 30.1 Å². The van der Waals surface area contributed by atoms with E-state index in [-0.39, 0.29) is 5.56 Å². The number of anilines is 2. The minimum atomic E-state index is 0.0287. The molecule has 2 aliphatic rings. The van der Waals surface area contributed by atoms with Crippen LogP contribution in [0.3, 0.4) is 0 Å². The summed E-state index contributed by atoms with van der Waals surface area (Å²) >= 11 is 12.6. The molecule has 0 saturated carbocycles. The minimum Gasteiger partial charge on any atom is -0.379 e. The fourth-order valence-corrected chi connectivity index (χ4v) is 4.83. The van der Waals surface area contributed by atoms with E-state index in [2.05, 4.69) is 9.80 Å². The molecule has 4 rings (SSSR count). The number of ether oxygens (including phenoxy) is 1. The van der Waals surface area contributed by atoms with E-state index < -0.39 is 0 Å². The maximum atomic E-state index is 13.2. The highest BCUT2D eigenvalue weighted by atomic mass is 35.5. The maximum absolute atomic E-state index is 13.2. The molecule has 1 saturated heterocycles. The fourth-order valence-electron chi connectivity index (χ4n) is 4.31. The van der Waals surface area contributed by atoms with Gasteiger partial charge in [0.2, 0.25) is 5.95 Å². The van der Waals surface area contributed by atoms with Crippen molar-refractivity contribution in [2.45, 2.75) is 33.4 Å². The topological polar surface area (TPSA) is 53.8 Å². The van der Waals surface area contributed by atoms with Gasteiger partial charge in [0, 0.05) is 46.6 Å². The van der Waals surface area contributed by atoms with Gasteiger partial charge >= 0.3 is 0 Å². The Morgan fingerprint density at radius 2 is 1.71 bits per heavy atom. The molecule has 0 spiro atoms. The van der Waals surface area contributed by atoms with Crippen molar-refractivity contribution in [1.29, 1.82) is 0 Å². The summed E-state index contributed by atoms with van der Waals surface area (Å²) in [4.78, 5) is 24.8. The van der Waals surface area contributed by atoms with E-state index in [4.69, 9.17) is 32.9 Å². The van der Waals surface area contributed by atoms with E-state index >= 15 is 0 Å². The van der Waals surface area contributed by atoms with Gasteiger partial charge in [0.15, 0.2) is 0 Å². The Kier molecular flexibility index (Phi) is 7.19. The van der Waals surface area contributed by atoms with Crippen LogP contribution in [0.1, 0.15) is 24.6 Å². The van der Waals surface area contributed by atoms with Crippen LogP contribution < -0.4 is 10.5 Å². The third-order valence-electron chi connectivity index (χ3n) is 5.94. The van der Waals surface area contributed by atoms with Crippen molar-refractivity contribution < 1.29 is 4.74 Å². The number of hydrogen-bond donors (Lipinski definition) is 0. The molecular weight excluding hydrogens is 437 g/mol. The zero-order chi connectivity index (χ0) is 22.0. The van der Waals surface area contributed by atoms with Gasteiger partial charge in [0.25, 0.3) is 5.56 Å². The molecule has 2 aliphatic heterocycles. The quantitative estimate of drug-likeness (QED) is 0.650. The van der Waals surface area contributed by atoms with E-state index in [0.717, 1.165) is 62.8 Å². The van der Waals surface area contributed by atoms with Crippen molar-refractivity contribution in [2.24, 2.45) is 0 Å². The highest BCUT2D eigenvalue weighted by Crippen LogP contribution is 2.32. The molecule has 2 aromatic rings. The number of fused-ring (bicyclic) bond motifs is 1. The lowest BCUT2D eigenvalue weighted by Gasteiger charge is -2.39. The molecule has 9 heteroatoms. The van der Waals surface area contributed by atoms with Crippen LogP contribution in [-0.2, 0) is 17.8 Å². The Labute approximate surface area is 193 Å². The van der Waals surface area contributed by atoms with Crippen molar-refractivity contribution in [3.05, 3.63) is 49.9 Å². The SMILES string of the molecule is CCc1c(C)nc2n(c1=O)CN(CCCN1CCOCC1)CN2c1cc(Cl)cc(Cl)c1. The third kappa shape index (κ3) is 5.07. The first kappa shape index (κ1) is 22.6. The molecule has 0 aliphatic carbocycles. The van der Waals surface area contributed by atoms with Gasteiger partial charge < -0.3 is 4.74 Å². The number of nitrogens with zero attached hydrogens (tertiary/aromatic N) is 5. The molecule has 0 unspecified atom stereocenters. The molecule has 3 heterocycles. The Morgan fingerprint density at radius 1 is 1.03 bits per heavy atom. The fraction of sp³-hybridized carbons (Fsp3) is 0.545. The summed E-state index contributed by atoms with van der Waals surface area (Å²) in [6.07, 6.45) is 1.69. The molecule has 0 amide bonds. The van der Waals surface area contributed by atoms with Crippen molar-refractivity contribution in [2.75, 3.05) is 51.0 Å². The average Bonchev–Trinajstić information content (AvgIpc) is 2.74. The van der Waals surface area contributed by atoms with Crippen molar-refractivity contribution >= 4 is 34.8 Å². The number of halogens is 2. The minimum absolute atomic E-state index is 0.0287. The zero-order valence-electron chi connectivity index (χ0n) is 18.1. The van der Waals surface area contributed by atoms with E-state index in [1.54, 1.807) is 10.6 Å². The van der Waals surface area contributed by atoms with Crippen LogP contribution in [0.5, 0.6) is 0 Å². The first-order valence-corrected chi connectivity index (χ1v) is 11.6. The van der Waals surface area contributed by atoms with E-state index in [9.17, 15) is 4.79 Å². The standard InChI is InChI=1S/C22H29Cl2N5O2/c1-3-20-16(2)25-22-28(19-12-17(23)11-18(24)13-19)14-27(15-29(22)21(20)30)6-4-5-26-7-9-31-10-8-26/h11-13H,3-10,14-15H2,1-2H3. The summed E-state index contributed by atoms with van der Waals surface area (Å²) in [5, 5.41) is 1.12. The summed E-state index contributed by atoms with van der Waals surface area (Å²) in [5.41, 5.74) is 2.40. The summed E-state index contributed by atoms with van der Waals surface area (Å²) in [6.45, 7) is 10.5. The molecule has 1 fully saturated rings. The molecule has 31 heavy (non-hydrogen) atoms. The number of hydrogen-bond acceptors (Lipinski definition) is 6. The van der Waals surface area contributed by atoms with Crippen LogP contribution in [0.2, 0.25) is 10.0 Å². The summed E-state index contributed by atoms with van der Waals surface area (Å²) in [7, 11) is 0. The lowest BCUT2D eigenvalue weighted by molar-refractivity contribution is 0.0354. The highest BCUT2D eigenvalue weighted by molar-refractivity contribution is 6.35. The first-order valence-electron chi connectivity index (χ1n) is 10.8. The zero-order valence-corrected chi connectivity index (χ0v) is 19.6. The Morgan fingerprint density at radius 3 is 2.39 bits per heavy atom. The van der Waals surface area contributed by atoms with Gasteiger partial charge in [-0.2, -0.15) is 0 Å². The summed E-state index contributed by atoms with van der Waals surface area (Å²) in [5.74, 6) is 0.641. The molecule has 1 aromatic carbocycles. The second kappa shape index (κ2) is 9.88. The second-order valence-electron chi connectivity index (χ2n) is 8.10. The van der Waals surface area contributed by atoms with Crippen LogP contribution in [0.4, 0.5) is 11.6 Å². The van der Waals surface area contributed by atoms with E-state index in [0.29, 0.717) is 35.8 Å². The second-order valence-corrected chi connectivity index (χ2v) is 8.98. The normalized spacial score (nSPS) is 17.7. The molecule has 168 valence electrons. The van der Waals surface area contributed by atoms with Gasteiger partial charge in [0.1, 0.15) is 0 Å². The average molecular weight is 466 g/mol. The van der Waals surface area contributed by atoms with Crippen LogP contribution in [-0.4, -0.2) is 65.4 Å². The lowest BCUT2D eigenvalue weighted by atomic mass is 10.2. The molecule has 0 atom stereocenters. The van der Waals surface area contributed by atoms with Crippen LogP contribution in [0, 0.1) is 6.92 Å². The van der Waals surface area contributed by atoms with Gasteiger partial charge in [-0.25, -0.2) is 4.98 Å². The van der Waals surface area contributed by atoms with Crippen LogP contribution in [0.15, 0.2) is 23.0 Å². The Bertz CT molecular complexity index is 970. The largest absolute Gasteiger partial charge is 0.379 e. The molecule has 7 nitrogen and oxygen atoms in total. The number of rotatable bonds is 6. The molecule has 0 N–H and O–H groups in total. The molecular formula is C22H29Cl2N5O2. The molecule has 0 bridgehead atoms. The van der Waals surface area contributed by atoms with Gasteiger partial charge in [-0.15, -0.1) is 0 Å². The first-order chi connectivity index (χ1) is 15.0. The van der Waals surface area contributed by atoms with E-state index in [1.807, 2.05) is 30.9 Å². The van der Waals surface area contributed by atoms with Gasteiger partial charge in [-0.05, 0) is 44.5 Å². The lowest BCUT2D eigenvalue weighted by Crippen LogP contribution is -2.48. The number of morpholine rings is 1. The number of benzene rings is 1. The number of aryl methyl sites for hydroxylation is 1. The monoisotopic (exact) mass is 465 g/mol. The van der Waals surface area contributed by atoms with Crippen molar-refractivity contribution in [3.8, 4) is 0 Å². The van der Waals surface area contributed by atoms with Crippen molar-refractivity contribution in [1.82, 2.24) is 19.4 Å². The molecule has 0 radical (unpaired) electrons. The van der Waals surface area contributed by atoms with E-state index in [1.165, 1.54) is 0 Å². The Balaban J connectivity index is 1.61. The number of aromatic nitrogens is 2.